The molecule has 3 nitrogen and oxygen atoms in total. The molecule has 0 heterocycles. The number of hydrogen-bond acceptors (Lipinski definition) is 1. The molecule has 0 aliphatic carbocycles. The SMILES string of the molecule is NC(=Nc1c(F)c(F)c(F)c(F)c1F)Nc1c(F)c(F)c(F)c(F)c1F. The molecule has 26 heavy (non-hydrogen) atoms. The number of guanidine groups is 1. The molecule has 0 atom stereocenters. The molecule has 0 radical (unpaired) electrons. The third-order valence-electron chi connectivity index (χ3n) is 2.88. The molecule has 0 unspecified atom stereocenters. The fourth-order valence-electron chi connectivity index (χ4n) is 1.68. The van der Waals surface area contributed by atoms with Crippen LogP contribution < -0.4 is 11.1 Å². The van der Waals surface area contributed by atoms with Gasteiger partial charge in [-0.3, -0.25) is 0 Å². The van der Waals surface area contributed by atoms with Crippen LogP contribution in [-0.4, -0.2) is 5.96 Å². The average Bonchev–Trinajstić information content (AvgIpc) is 2.62. The van der Waals surface area contributed by atoms with Crippen molar-refractivity contribution < 1.29 is 43.9 Å². The molecule has 0 aliphatic heterocycles. The molecule has 0 bridgehead atoms. The Bertz CT molecular complexity index is 883. The molecular formula is C13H3F10N3. The standard InChI is InChI=1S/C13H3F10N3/c14-1-3(16)7(20)11(8(21)4(1)17)25-13(24)26-12-9(22)5(18)2(15)6(19)10(12)23/h(H3,24,25,26). The highest BCUT2D eigenvalue weighted by Crippen LogP contribution is 2.30. The summed E-state index contributed by atoms with van der Waals surface area (Å²) in [5, 5.41) is 1.30. The minimum Gasteiger partial charge on any atom is -0.369 e. The van der Waals surface area contributed by atoms with Crippen LogP contribution in [0.5, 0.6) is 0 Å². The van der Waals surface area contributed by atoms with Gasteiger partial charge in [-0.15, -0.1) is 0 Å². The Morgan fingerprint density at radius 1 is 0.538 bits per heavy atom. The molecule has 2 aromatic rings. The van der Waals surface area contributed by atoms with E-state index >= 15 is 0 Å². The van der Waals surface area contributed by atoms with Crippen LogP contribution in [0.1, 0.15) is 0 Å². The van der Waals surface area contributed by atoms with Gasteiger partial charge in [0.05, 0.1) is 0 Å². The van der Waals surface area contributed by atoms with E-state index in [0.717, 1.165) is 0 Å². The fraction of sp³-hybridized carbons (Fsp3) is 0. The smallest absolute Gasteiger partial charge is 0.200 e. The lowest BCUT2D eigenvalue weighted by atomic mass is 10.2. The van der Waals surface area contributed by atoms with Gasteiger partial charge in [-0.1, -0.05) is 0 Å². The van der Waals surface area contributed by atoms with Gasteiger partial charge in [0.25, 0.3) is 0 Å². The fourth-order valence-corrected chi connectivity index (χ4v) is 1.68. The summed E-state index contributed by atoms with van der Waals surface area (Å²) in [5.41, 5.74) is 1.38. The first kappa shape index (κ1) is 19.3. The molecule has 0 fully saturated rings. The normalized spacial score (nSPS) is 11.8. The lowest BCUT2D eigenvalue weighted by Gasteiger charge is -2.11. The second-order valence-corrected chi connectivity index (χ2v) is 4.49. The van der Waals surface area contributed by atoms with Crippen molar-refractivity contribution in [3.05, 3.63) is 58.2 Å². The molecule has 2 aromatic carbocycles. The third-order valence-corrected chi connectivity index (χ3v) is 2.88. The topological polar surface area (TPSA) is 50.4 Å². The van der Waals surface area contributed by atoms with Crippen LogP contribution >= 0.6 is 0 Å². The van der Waals surface area contributed by atoms with Crippen molar-refractivity contribution in [2.75, 3.05) is 5.32 Å². The van der Waals surface area contributed by atoms with E-state index in [4.69, 9.17) is 5.73 Å². The molecule has 2 rings (SSSR count). The number of hydrogen-bond donors (Lipinski definition) is 2. The Labute approximate surface area is 136 Å². The summed E-state index contributed by atoms with van der Waals surface area (Å²) in [4.78, 5) is 2.69. The van der Waals surface area contributed by atoms with E-state index in [-0.39, 0.29) is 0 Å². The van der Waals surface area contributed by atoms with Crippen molar-refractivity contribution in [3.63, 3.8) is 0 Å². The van der Waals surface area contributed by atoms with Crippen molar-refractivity contribution in [2.24, 2.45) is 10.7 Å². The van der Waals surface area contributed by atoms with E-state index in [0.29, 0.717) is 0 Å². The lowest BCUT2D eigenvalue weighted by Crippen LogP contribution is -2.25. The van der Waals surface area contributed by atoms with E-state index in [1.807, 2.05) is 0 Å². The number of nitrogens with two attached hydrogens (primary N) is 1. The van der Waals surface area contributed by atoms with E-state index in [2.05, 4.69) is 4.99 Å². The Hall–Kier alpha value is -2.99. The van der Waals surface area contributed by atoms with Crippen LogP contribution in [0.3, 0.4) is 0 Å². The summed E-state index contributed by atoms with van der Waals surface area (Å²) in [6, 6.07) is 0. The quantitative estimate of drug-likeness (QED) is 0.266. The maximum absolute atomic E-state index is 13.4. The summed E-state index contributed by atoms with van der Waals surface area (Å²) in [5.74, 6) is -25.7. The largest absolute Gasteiger partial charge is 0.369 e. The van der Waals surface area contributed by atoms with Gasteiger partial charge >= 0.3 is 0 Å². The van der Waals surface area contributed by atoms with Crippen molar-refractivity contribution in [1.82, 2.24) is 0 Å². The van der Waals surface area contributed by atoms with Crippen molar-refractivity contribution in [3.8, 4) is 0 Å². The minimum atomic E-state index is -2.51. The van der Waals surface area contributed by atoms with Crippen LogP contribution in [0.2, 0.25) is 0 Å². The van der Waals surface area contributed by atoms with Crippen molar-refractivity contribution in [2.45, 2.75) is 0 Å². The summed E-state index contributed by atoms with van der Waals surface area (Å²) < 4.78 is 131. The van der Waals surface area contributed by atoms with Gasteiger partial charge in [0, 0.05) is 0 Å². The Morgan fingerprint density at radius 2 is 0.846 bits per heavy atom. The molecule has 0 aliphatic rings. The second-order valence-electron chi connectivity index (χ2n) is 4.49. The zero-order valence-electron chi connectivity index (χ0n) is 11.8. The number of halogens is 10. The van der Waals surface area contributed by atoms with Gasteiger partial charge in [0.15, 0.2) is 52.5 Å². The Balaban J connectivity index is 2.56. The first-order chi connectivity index (χ1) is 12.0. The first-order valence-corrected chi connectivity index (χ1v) is 6.13. The van der Waals surface area contributed by atoms with E-state index in [1.54, 1.807) is 0 Å². The number of aliphatic imine (C=N–C) groups is 1. The van der Waals surface area contributed by atoms with Gasteiger partial charge in [-0.2, -0.15) is 0 Å². The molecular weight excluding hydrogens is 388 g/mol. The van der Waals surface area contributed by atoms with Crippen LogP contribution in [0.15, 0.2) is 4.99 Å². The van der Waals surface area contributed by atoms with Gasteiger partial charge < -0.3 is 11.1 Å². The molecule has 0 saturated heterocycles. The van der Waals surface area contributed by atoms with Crippen LogP contribution in [-0.2, 0) is 0 Å². The number of benzene rings is 2. The highest BCUT2D eigenvalue weighted by atomic mass is 19.2. The monoisotopic (exact) mass is 391 g/mol. The van der Waals surface area contributed by atoms with Gasteiger partial charge in [-0.05, 0) is 0 Å². The summed E-state index contributed by atoms with van der Waals surface area (Å²) >= 11 is 0. The molecule has 140 valence electrons. The van der Waals surface area contributed by atoms with Crippen molar-refractivity contribution in [1.29, 1.82) is 0 Å². The van der Waals surface area contributed by atoms with Gasteiger partial charge in [-0.25, -0.2) is 48.9 Å². The first-order valence-electron chi connectivity index (χ1n) is 6.13. The predicted octanol–water partition coefficient (Wildman–Crippen LogP) is 4.14. The zero-order chi connectivity index (χ0) is 19.9. The Morgan fingerprint density at radius 3 is 1.23 bits per heavy atom. The molecule has 0 amide bonds. The Kier molecular flexibility index (Phi) is 5.00. The molecule has 0 aromatic heterocycles. The average molecular weight is 391 g/mol. The molecule has 3 N–H and O–H groups in total. The van der Waals surface area contributed by atoms with Crippen molar-refractivity contribution >= 4 is 17.3 Å². The third kappa shape index (κ3) is 2.99. The lowest BCUT2D eigenvalue weighted by molar-refractivity contribution is 0.381. The zero-order valence-corrected chi connectivity index (χ0v) is 11.8. The van der Waals surface area contributed by atoms with E-state index in [9.17, 15) is 43.9 Å². The summed E-state index contributed by atoms with van der Waals surface area (Å²) in [6.45, 7) is 0. The highest BCUT2D eigenvalue weighted by molar-refractivity contribution is 5.94. The van der Waals surface area contributed by atoms with Crippen LogP contribution in [0.25, 0.3) is 0 Å². The van der Waals surface area contributed by atoms with E-state index < -0.39 is 75.5 Å². The number of anilines is 1. The summed E-state index contributed by atoms with van der Waals surface area (Å²) in [7, 11) is 0. The maximum atomic E-state index is 13.4. The molecule has 0 saturated carbocycles. The van der Waals surface area contributed by atoms with Crippen LogP contribution in [0.4, 0.5) is 55.3 Å². The molecule has 0 spiro atoms. The molecule has 13 heteroatoms. The summed E-state index contributed by atoms with van der Waals surface area (Å²) in [6.07, 6.45) is 0. The van der Waals surface area contributed by atoms with Crippen LogP contribution in [0, 0.1) is 58.2 Å². The minimum absolute atomic E-state index is 1.30. The maximum Gasteiger partial charge on any atom is 0.200 e. The number of nitrogens with one attached hydrogen (secondary N) is 1. The number of nitrogens with zero attached hydrogens (tertiary/aromatic N) is 1. The second kappa shape index (κ2) is 6.72. The van der Waals surface area contributed by atoms with Gasteiger partial charge in [0.2, 0.25) is 11.6 Å². The predicted molar refractivity (Wildman–Crippen MR) is 67.4 cm³/mol. The highest BCUT2D eigenvalue weighted by Gasteiger charge is 2.28. The van der Waals surface area contributed by atoms with Gasteiger partial charge in [0.1, 0.15) is 11.4 Å². The van der Waals surface area contributed by atoms with E-state index in [1.165, 1.54) is 5.32 Å². The number of rotatable bonds is 2.